The second-order valence-corrected chi connectivity index (χ2v) is 7.59. The lowest BCUT2D eigenvalue weighted by atomic mass is 10.0. The Morgan fingerprint density at radius 3 is 2.52 bits per heavy atom. The maximum absolute atomic E-state index is 12.8. The van der Waals surface area contributed by atoms with Gasteiger partial charge in [-0.1, -0.05) is 11.6 Å². The number of piperidine rings is 1. The number of rotatable bonds is 3. The van der Waals surface area contributed by atoms with Crippen LogP contribution in [-0.2, 0) is 21.0 Å². The van der Waals surface area contributed by atoms with Crippen molar-refractivity contribution in [2.24, 2.45) is 5.92 Å². The molecule has 1 aliphatic rings. The summed E-state index contributed by atoms with van der Waals surface area (Å²) in [5, 5.41) is 8.64. The summed E-state index contributed by atoms with van der Waals surface area (Å²) < 4.78 is 64.3. The Morgan fingerprint density at radius 1 is 1.30 bits per heavy atom. The largest absolute Gasteiger partial charge is 0.481 e. The molecule has 1 unspecified atom stereocenters. The molecule has 0 amide bonds. The lowest BCUT2D eigenvalue weighted by Gasteiger charge is -2.30. The van der Waals surface area contributed by atoms with E-state index in [1.54, 1.807) is 0 Å². The summed E-state index contributed by atoms with van der Waals surface area (Å²) in [7, 11) is -4.25. The van der Waals surface area contributed by atoms with E-state index < -0.39 is 38.5 Å². The van der Waals surface area contributed by atoms with Gasteiger partial charge in [-0.3, -0.25) is 4.79 Å². The minimum atomic E-state index is -4.74. The van der Waals surface area contributed by atoms with E-state index in [1.807, 2.05) is 0 Å². The third-order valence-electron chi connectivity index (χ3n) is 3.57. The van der Waals surface area contributed by atoms with E-state index in [1.165, 1.54) is 0 Å². The Labute approximate surface area is 135 Å². The topological polar surface area (TPSA) is 74.7 Å². The summed E-state index contributed by atoms with van der Waals surface area (Å²) >= 11 is 5.60. The third kappa shape index (κ3) is 3.96. The van der Waals surface area contributed by atoms with Crippen molar-refractivity contribution in [2.45, 2.75) is 23.9 Å². The maximum atomic E-state index is 12.8. The van der Waals surface area contributed by atoms with E-state index in [0.29, 0.717) is 25.0 Å². The first kappa shape index (κ1) is 18.0. The number of aliphatic carboxylic acids is 1. The Morgan fingerprint density at radius 2 is 1.96 bits per heavy atom. The molecular formula is C13H13ClF3NO4S. The molecule has 0 bridgehead atoms. The standard InChI is InChI=1S/C13H13ClF3NO4S/c14-10-4-9(13(15,16)17)5-11(6-10)23(21,22)18-3-1-2-8(7-18)12(19)20/h4-6,8H,1-3,7H2,(H,19,20). The first-order valence-electron chi connectivity index (χ1n) is 6.62. The molecule has 2 rings (SSSR count). The number of carboxylic acids is 1. The van der Waals surface area contributed by atoms with Crippen LogP contribution in [0.5, 0.6) is 0 Å². The number of hydrogen-bond donors (Lipinski definition) is 1. The van der Waals surface area contributed by atoms with E-state index >= 15 is 0 Å². The van der Waals surface area contributed by atoms with Crippen molar-refractivity contribution < 1.29 is 31.5 Å². The molecule has 23 heavy (non-hydrogen) atoms. The van der Waals surface area contributed by atoms with Crippen molar-refractivity contribution >= 4 is 27.6 Å². The van der Waals surface area contributed by atoms with Crippen LogP contribution in [0.2, 0.25) is 5.02 Å². The lowest BCUT2D eigenvalue weighted by molar-refractivity contribution is -0.143. The average molecular weight is 372 g/mol. The molecular weight excluding hydrogens is 359 g/mol. The SMILES string of the molecule is O=C(O)C1CCCN(S(=O)(=O)c2cc(Cl)cc(C(F)(F)F)c2)C1. The Kier molecular flexibility index (Phi) is 4.93. The van der Waals surface area contributed by atoms with E-state index in [2.05, 4.69) is 0 Å². The van der Waals surface area contributed by atoms with Crippen LogP contribution >= 0.6 is 11.6 Å². The molecule has 1 saturated heterocycles. The minimum Gasteiger partial charge on any atom is -0.481 e. The van der Waals surface area contributed by atoms with E-state index in [4.69, 9.17) is 16.7 Å². The van der Waals surface area contributed by atoms with Crippen molar-refractivity contribution in [3.63, 3.8) is 0 Å². The molecule has 0 radical (unpaired) electrons. The van der Waals surface area contributed by atoms with Gasteiger partial charge in [-0.25, -0.2) is 8.42 Å². The van der Waals surface area contributed by atoms with E-state index in [-0.39, 0.29) is 18.1 Å². The maximum Gasteiger partial charge on any atom is 0.416 e. The third-order valence-corrected chi connectivity index (χ3v) is 5.63. The number of benzene rings is 1. The number of nitrogens with zero attached hydrogens (tertiary/aromatic N) is 1. The zero-order chi connectivity index (χ0) is 17.4. The fourth-order valence-electron chi connectivity index (χ4n) is 2.39. The molecule has 1 atom stereocenters. The van der Waals surface area contributed by atoms with Crippen LogP contribution in [0.3, 0.4) is 0 Å². The summed E-state index contributed by atoms with van der Waals surface area (Å²) in [6.45, 7) is -0.217. The predicted octanol–water partition coefficient (Wildman–Crippen LogP) is 2.84. The van der Waals surface area contributed by atoms with Gasteiger partial charge in [-0.05, 0) is 31.0 Å². The number of carboxylic acid groups (broad SMARTS) is 1. The van der Waals surface area contributed by atoms with Crippen LogP contribution in [-0.4, -0.2) is 36.9 Å². The number of halogens is 4. The smallest absolute Gasteiger partial charge is 0.416 e. The monoisotopic (exact) mass is 371 g/mol. The molecule has 0 spiro atoms. The van der Waals surface area contributed by atoms with Gasteiger partial charge in [0.1, 0.15) is 0 Å². The summed E-state index contributed by atoms with van der Waals surface area (Å²) in [5.41, 5.74) is -1.17. The molecule has 0 aliphatic carbocycles. The number of hydrogen-bond acceptors (Lipinski definition) is 3. The molecule has 1 heterocycles. The van der Waals surface area contributed by atoms with Gasteiger partial charge in [0.2, 0.25) is 10.0 Å². The Balaban J connectivity index is 2.40. The van der Waals surface area contributed by atoms with Crippen molar-refractivity contribution in [1.29, 1.82) is 0 Å². The molecule has 1 N–H and O–H groups in total. The van der Waals surface area contributed by atoms with Crippen molar-refractivity contribution in [3.8, 4) is 0 Å². The van der Waals surface area contributed by atoms with E-state index in [9.17, 15) is 26.4 Å². The molecule has 0 saturated carbocycles. The highest BCUT2D eigenvalue weighted by atomic mass is 35.5. The van der Waals surface area contributed by atoms with Gasteiger partial charge in [-0.15, -0.1) is 0 Å². The van der Waals surface area contributed by atoms with Crippen LogP contribution in [0.4, 0.5) is 13.2 Å². The summed E-state index contributed by atoms with van der Waals surface area (Å²) in [5.74, 6) is -2.01. The zero-order valence-corrected chi connectivity index (χ0v) is 13.2. The van der Waals surface area contributed by atoms with Gasteiger partial charge >= 0.3 is 12.1 Å². The van der Waals surface area contributed by atoms with Gasteiger partial charge in [0.05, 0.1) is 16.4 Å². The molecule has 10 heteroatoms. The summed E-state index contributed by atoms with van der Waals surface area (Å²) in [6.07, 6.45) is -4.09. The van der Waals surface area contributed by atoms with Crippen LogP contribution < -0.4 is 0 Å². The average Bonchev–Trinajstić information content (AvgIpc) is 2.45. The number of sulfonamides is 1. The molecule has 1 fully saturated rings. The Hall–Kier alpha value is -1.32. The van der Waals surface area contributed by atoms with Gasteiger partial charge in [0.15, 0.2) is 0 Å². The van der Waals surface area contributed by atoms with Gasteiger partial charge in [0.25, 0.3) is 0 Å². The first-order chi connectivity index (χ1) is 10.5. The molecule has 0 aromatic heterocycles. The predicted molar refractivity (Wildman–Crippen MR) is 75.6 cm³/mol. The highest BCUT2D eigenvalue weighted by Gasteiger charge is 2.36. The first-order valence-corrected chi connectivity index (χ1v) is 8.44. The van der Waals surface area contributed by atoms with Gasteiger partial charge < -0.3 is 5.11 Å². The number of carbonyl (C=O) groups is 1. The van der Waals surface area contributed by atoms with Crippen LogP contribution in [0, 0.1) is 5.92 Å². The fraction of sp³-hybridized carbons (Fsp3) is 0.462. The normalized spacial score (nSPS) is 20.4. The zero-order valence-electron chi connectivity index (χ0n) is 11.7. The highest BCUT2D eigenvalue weighted by molar-refractivity contribution is 7.89. The molecule has 5 nitrogen and oxygen atoms in total. The minimum absolute atomic E-state index is 0.0555. The highest BCUT2D eigenvalue weighted by Crippen LogP contribution is 2.34. The van der Waals surface area contributed by atoms with Gasteiger partial charge in [-0.2, -0.15) is 17.5 Å². The molecule has 1 aliphatic heterocycles. The molecule has 128 valence electrons. The molecule has 1 aromatic rings. The lowest BCUT2D eigenvalue weighted by Crippen LogP contribution is -2.42. The second kappa shape index (κ2) is 6.29. The van der Waals surface area contributed by atoms with Crippen LogP contribution in [0.1, 0.15) is 18.4 Å². The van der Waals surface area contributed by atoms with Gasteiger partial charge in [0, 0.05) is 18.1 Å². The Bertz CT molecular complexity index is 720. The quantitative estimate of drug-likeness (QED) is 0.886. The summed E-state index contributed by atoms with van der Waals surface area (Å²) in [4.78, 5) is 10.4. The van der Waals surface area contributed by atoms with Crippen LogP contribution in [0.15, 0.2) is 23.1 Å². The van der Waals surface area contributed by atoms with Crippen molar-refractivity contribution in [3.05, 3.63) is 28.8 Å². The number of alkyl halides is 3. The molecule has 1 aromatic carbocycles. The summed E-state index contributed by atoms with van der Waals surface area (Å²) in [6, 6.07) is 2.07. The van der Waals surface area contributed by atoms with Crippen molar-refractivity contribution in [2.75, 3.05) is 13.1 Å². The van der Waals surface area contributed by atoms with E-state index in [0.717, 1.165) is 10.4 Å². The fourth-order valence-corrected chi connectivity index (χ4v) is 4.28. The van der Waals surface area contributed by atoms with Crippen molar-refractivity contribution in [1.82, 2.24) is 4.31 Å². The second-order valence-electron chi connectivity index (χ2n) is 5.21. The van der Waals surface area contributed by atoms with Crippen LogP contribution in [0.25, 0.3) is 0 Å².